The summed E-state index contributed by atoms with van der Waals surface area (Å²) in [5, 5.41) is 35.1. The molecule has 2 fully saturated rings. The first-order valence-electron chi connectivity index (χ1n) is 11.0. The zero-order chi connectivity index (χ0) is 22.5. The fourth-order valence-corrected chi connectivity index (χ4v) is 5.21. The Bertz CT molecular complexity index is 813. The van der Waals surface area contributed by atoms with Crippen molar-refractivity contribution in [1.29, 1.82) is 0 Å². The van der Waals surface area contributed by atoms with Crippen LogP contribution in [0.2, 0.25) is 0 Å². The third kappa shape index (κ3) is 5.26. The van der Waals surface area contributed by atoms with Crippen molar-refractivity contribution >= 4 is 11.8 Å². The highest BCUT2D eigenvalue weighted by Gasteiger charge is 2.48. The number of rotatable bonds is 8. The summed E-state index contributed by atoms with van der Waals surface area (Å²) in [4.78, 5) is 34.2. The monoisotopic (exact) mass is 431 g/mol. The Morgan fingerprint density at radius 2 is 1.16 bits per heavy atom. The van der Waals surface area contributed by atoms with E-state index in [1.165, 1.54) is 12.1 Å². The normalized spacial score (nSPS) is 19.9. The highest BCUT2D eigenvalue weighted by molar-refractivity contribution is 5.55. The molecule has 9 nitrogen and oxygen atoms in total. The van der Waals surface area contributed by atoms with E-state index in [0.717, 1.165) is 38.5 Å². The summed E-state index contributed by atoms with van der Waals surface area (Å²) < 4.78 is 0. The van der Waals surface area contributed by atoms with E-state index in [-0.39, 0.29) is 28.4 Å². The number of nitro benzene ring substituents is 1. The summed E-state index contributed by atoms with van der Waals surface area (Å²) in [6.45, 7) is 0. The highest BCUT2D eigenvalue weighted by atomic mass is 16.6. The van der Waals surface area contributed by atoms with E-state index in [1.54, 1.807) is 18.2 Å². The van der Waals surface area contributed by atoms with Crippen LogP contribution in [0.3, 0.4) is 0 Å². The number of nitrogens with zero attached hydrogens (tertiary/aromatic N) is 3. The predicted octanol–water partition coefficient (Wildman–Crippen LogP) is 5.72. The molecule has 0 heterocycles. The number of hydrogen-bond donors (Lipinski definition) is 0. The maximum Gasteiger partial charge on any atom is 0.269 e. The molecule has 1 aromatic carbocycles. The van der Waals surface area contributed by atoms with Gasteiger partial charge >= 0.3 is 0 Å². The van der Waals surface area contributed by atoms with E-state index in [9.17, 15) is 30.3 Å². The van der Waals surface area contributed by atoms with Crippen LogP contribution in [-0.2, 0) is 0 Å². The molecule has 3 rings (SSSR count). The van der Waals surface area contributed by atoms with Crippen molar-refractivity contribution in [2.75, 3.05) is 0 Å². The molecule has 2 aliphatic carbocycles. The smallest absolute Gasteiger partial charge is 0.264 e. The fourth-order valence-electron chi connectivity index (χ4n) is 5.21. The molecule has 0 aliphatic heterocycles. The second-order valence-corrected chi connectivity index (χ2v) is 9.09. The minimum atomic E-state index is -1.09. The third-order valence-corrected chi connectivity index (χ3v) is 6.93. The van der Waals surface area contributed by atoms with Gasteiger partial charge in [0.25, 0.3) is 5.69 Å². The van der Waals surface area contributed by atoms with Crippen LogP contribution in [0, 0.1) is 30.3 Å². The number of hydrogen-bond acceptors (Lipinski definition) is 6. The summed E-state index contributed by atoms with van der Waals surface area (Å²) in [5.41, 5.74) is -0.841. The summed E-state index contributed by atoms with van der Waals surface area (Å²) in [7, 11) is 0. The third-order valence-electron chi connectivity index (χ3n) is 6.93. The van der Waals surface area contributed by atoms with Gasteiger partial charge in [-0.25, -0.2) is 0 Å². The van der Waals surface area contributed by atoms with Crippen LogP contribution in [0.25, 0.3) is 6.08 Å². The first-order valence-corrected chi connectivity index (χ1v) is 11.0. The van der Waals surface area contributed by atoms with Crippen LogP contribution < -0.4 is 0 Å². The van der Waals surface area contributed by atoms with Gasteiger partial charge in [0.05, 0.1) is 4.92 Å². The van der Waals surface area contributed by atoms with Gasteiger partial charge < -0.3 is 0 Å². The average Bonchev–Trinajstić information content (AvgIpc) is 2.75. The quantitative estimate of drug-likeness (QED) is 0.382. The fraction of sp³-hybridized carbons (Fsp3) is 0.636. The van der Waals surface area contributed by atoms with Gasteiger partial charge in [-0.3, -0.25) is 30.3 Å². The lowest BCUT2D eigenvalue weighted by molar-refractivity contribution is -0.579. The van der Waals surface area contributed by atoms with Gasteiger partial charge in [-0.1, -0.05) is 24.5 Å². The van der Waals surface area contributed by atoms with Gasteiger partial charge in [-0.2, -0.15) is 0 Å². The molecule has 31 heavy (non-hydrogen) atoms. The van der Waals surface area contributed by atoms with Gasteiger partial charge in [0, 0.05) is 60.5 Å². The molecular weight excluding hydrogens is 402 g/mol. The van der Waals surface area contributed by atoms with E-state index in [4.69, 9.17) is 0 Å². The Morgan fingerprint density at radius 3 is 1.52 bits per heavy atom. The molecule has 2 aliphatic rings. The second-order valence-electron chi connectivity index (χ2n) is 9.09. The van der Waals surface area contributed by atoms with Crippen molar-refractivity contribution in [2.45, 2.75) is 88.1 Å². The van der Waals surface area contributed by atoms with Crippen LogP contribution in [-0.4, -0.2) is 25.8 Å². The van der Waals surface area contributed by atoms with Crippen LogP contribution >= 0.6 is 0 Å². The molecule has 0 aromatic heterocycles. The second kappa shape index (κ2) is 9.53. The van der Waals surface area contributed by atoms with E-state index >= 15 is 0 Å². The first kappa shape index (κ1) is 22.8. The number of nitro groups is 3. The van der Waals surface area contributed by atoms with Crippen molar-refractivity contribution in [3.8, 4) is 0 Å². The van der Waals surface area contributed by atoms with Crippen LogP contribution in [0.1, 0.15) is 82.6 Å². The Balaban J connectivity index is 1.97. The average molecular weight is 431 g/mol. The van der Waals surface area contributed by atoms with E-state index in [1.807, 2.05) is 0 Å². The first-order chi connectivity index (χ1) is 14.8. The summed E-state index contributed by atoms with van der Waals surface area (Å²) >= 11 is 0. The van der Waals surface area contributed by atoms with Crippen molar-refractivity contribution in [2.24, 2.45) is 0 Å². The Hall–Kier alpha value is -2.84. The molecule has 2 saturated carbocycles. The predicted molar refractivity (Wildman–Crippen MR) is 116 cm³/mol. The molecule has 0 saturated heterocycles. The summed E-state index contributed by atoms with van der Waals surface area (Å²) in [5.74, 6) is 0. The van der Waals surface area contributed by atoms with Gasteiger partial charge in [0.1, 0.15) is 0 Å². The van der Waals surface area contributed by atoms with Gasteiger partial charge in [-0.15, -0.1) is 0 Å². The maximum absolute atomic E-state index is 12.1. The molecule has 0 radical (unpaired) electrons. The zero-order valence-corrected chi connectivity index (χ0v) is 17.7. The highest BCUT2D eigenvalue weighted by Crippen LogP contribution is 2.42. The molecule has 0 N–H and O–H groups in total. The molecule has 0 unspecified atom stereocenters. The van der Waals surface area contributed by atoms with Crippen molar-refractivity contribution in [3.63, 3.8) is 0 Å². The lowest BCUT2D eigenvalue weighted by Gasteiger charge is -2.33. The molecule has 0 bridgehead atoms. The molecular formula is C22H29N3O6. The number of benzene rings is 1. The molecule has 0 spiro atoms. The topological polar surface area (TPSA) is 129 Å². The largest absolute Gasteiger partial charge is 0.269 e. The van der Waals surface area contributed by atoms with Gasteiger partial charge in [-0.05, 0) is 43.4 Å². The maximum atomic E-state index is 12.1. The Labute approximate surface area is 181 Å². The van der Waals surface area contributed by atoms with E-state index in [0.29, 0.717) is 36.8 Å². The Kier molecular flexibility index (Phi) is 7.02. The molecule has 0 amide bonds. The van der Waals surface area contributed by atoms with Crippen molar-refractivity contribution < 1.29 is 14.8 Å². The summed E-state index contributed by atoms with van der Waals surface area (Å²) in [6, 6.07) is 5.96. The number of non-ortho nitro benzene ring substituents is 1. The lowest BCUT2D eigenvalue weighted by Crippen LogP contribution is -2.44. The van der Waals surface area contributed by atoms with Crippen molar-refractivity contribution in [1.82, 2.24) is 0 Å². The SMILES string of the molecule is O=[N+]([O-])c1ccc(C=C(CC2([N+](=O)[O-])CCCCC2)CC2([N+](=O)[O-])CCCCC2)cc1. The lowest BCUT2D eigenvalue weighted by atomic mass is 9.72. The van der Waals surface area contributed by atoms with Crippen LogP contribution in [0.5, 0.6) is 0 Å². The van der Waals surface area contributed by atoms with E-state index < -0.39 is 16.0 Å². The minimum absolute atomic E-state index is 0.0400. The minimum Gasteiger partial charge on any atom is -0.264 e. The Morgan fingerprint density at radius 1 is 0.742 bits per heavy atom. The van der Waals surface area contributed by atoms with Crippen molar-refractivity contribution in [3.05, 3.63) is 65.7 Å². The van der Waals surface area contributed by atoms with Gasteiger partial charge in [0.2, 0.25) is 11.1 Å². The molecule has 0 atom stereocenters. The zero-order valence-electron chi connectivity index (χ0n) is 17.7. The van der Waals surface area contributed by atoms with Crippen LogP contribution in [0.15, 0.2) is 29.8 Å². The van der Waals surface area contributed by atoms with Gasteiger partial charge in [0.15, 0.2) is 0 Å². The molecule has 168 valence electrons. The summed E-state index contributed by atoms with van der Waals surface area (Å²) in [6.07, 6.45) is 9.13. The van der Waals surface area contributed by atoms with Crippen LogP contribution in [0.4, 0.5) is 5.69 Å². The molecule has 9 heteroatoms. The standard InChI is InChI=1S/C22H29N3O6/c26-23(27)20-9-7-18(8-10-20)15-19(16-21(24(28)29)11-3-1-4-12-21)17-22(25(30)31)13-5-2-6-14-22/h7-10,15H,1-6,11-14,16-17H2. The molecule has 1 aromatic rings. The van der Waals surface area contributed by atoms with E-state index in [2.05, 4.69) is 0 Å².